The number of benzene rings is 1. The van der Waals surface area contributed by atoms with Gasteiger partial charge >= 0.3 is 5.97 Å². The van der Waals surface area contributed by atoms with Crippen molar-refractivity contribution < 1.29 is 24.9 Å². The van der Waals surface area contributed by atoms with E-state index in [1.807, 2.05) is 0 Å². The standard InChI is InChI=1S/C9H10O5/c1-2-14-8-6(11)4-3-5(10)7(8)9(12)13/h3-4,10-11H,2H2,1H3,(H,12,13). The lowest BCUT2D eigenvalue weighted by Crippen LogP contribution is -2.03. The highest BCUT2D eigenvalue weighted by Crippen LogP contribution is 2.35. The van der Waals surface area contributed by atoms with E-state index in [0.717, 1.165) is 6.07 Å². The fourth-order valence-corrected chi connectivity index (χ4v) is 1.06. The molecule has 1 rings (SSSR count). The molecule has 3 N–H and O–H groups in total. The van der Waals surface area contributed by atoms with Crippen molar-refractivity contribution in [2.24, 2.45) is 0 Å². The summed E-state index contributed by atoms with van der Waals surface area (Å²) in [6.07, 6.45) is 0. The lowest BCUT2D eigenvalue weighted by atomic mass is 10.1. The summed E-state index contributed by atoms with van der Waals surface area (Å²) in [6, 6.07) is 2.27. The van der Waals surface area contributed by atoms with Crippen LogP contribution in [0.15, 0.2) is 12.1 Å². The van der Waals surface area contributed by atoms with Crippen LogP contribution in [0.3, 0.4) is 0 Å². The molecule has 0 radical (unpaired) electrons. The Kier molecular flexibility index (Phi) is 2.81. The highest BCUT2D eigenvalue weighted by Gasteiger charge is 2.19. The molecule has 76 valence electrons. The number of carbonyl (C=O) groups is 1. The number of carboxylic acids is 1. The van der Waals surface area contributed by atoms with E-state index in [1.165, 1.54) is 6.07 Å². The largest absolute Gasteiger partial charge is 0.507 e. The second-order valence-corrected chi connectivity index (χ2v) is 2.55. The van der Waals surface area contributed by atoms with E-state index in [9.17, 15) is 15.0 Å². The molecule has 0 saturated carbocycles. The quantitative estimate of drug-likeness (QED) is 0.635. The molecule has 1 aromatic carbocycles. The van der Waals surface area contributed by atoms with Crippen LogP contribution in [0.2, 0.25) is 0 Å². The summed E-state index contributed by atoms with van der Waals surface area (Å²) >= 11 is 0. The van der Waals surface area contributed by atoms with Crippen LogP contribution in [0.5, 0.6) is 17.2 Å². The minimum atomic E-state index is -1.35. The molecule has 0 saturated heterocycles. The van der Waals surface area contributed by atoms with Crippen LogP contribution in [-0.4, -0.2) is 27.9 Å². The Morgan fingerprint density at radius 3 is 2.43 bits per heavy atom. The second kappa shape index (κ2) is 3.87. The summed E-state index contributed by atoms with van der Waals surface area (Å²) < 4.78 is 4.92. The monoisotopic (exact) mass is 198 g/mol. The molecule has 5 heteroatoms. The summed E-state index contributed by atoms with van der Waals surface area (Å²) in [7, 11) is 0. The maximum Gasteiger partial charge on any atom is 0.343 e. The van der Waals surface area contributed by atoms with Crippen molar-refractivity contribution >= 4 is 5.97 Å². The van der Waals surface area contributed by atoms with E-state index >= 15 is 0 Å². The van der Waals surface area contributed by atoms with Gasteiger partial charge in [0.1, 0.15) is 11.3 Å². The first-order chi connectivity index (χ1) is 6.57. The van der Waals surface area contributed by atoms with Gasteiger partial charge in [-0.05, 0) is 19.1 Å². The Labute approximate surface area is 80.2 Å². The summed E-state index contributed by atoms with van der Waals surface area (Å²) in [5, 5.41) is 27.3. The minimum Gasteiger partial charge on any atom is -0.507 e. The Morgan fingerprint density at radius 2 is 1.93 bits per heavy atom. The second-order valence-electron chi connectivity index (χ2n) is 2.55. The average molecular weight is 198 g/mol. The molecule has 0 spiro atoms. The van der Waals surface area contributed by atoms with Gasteiger partial charge in [0.25, 0.3) is 0 Å². The Hall–Kier alpha value is -1.91. The zero-order valence-corrected chi connectivity index (χ0v) is 7.52. The van der Waals surface area contributed by atoms with Gasteiger partial charge in [0.05, 0.1) is 6.61 Å². The molecule has 0 heterocycles. The molecule has 0 aliphatic rings. The summed E-state index contributed by atoms with van der Waals surface area (Å²) in [5.74, 6) is -2.29. The van der Waals surface area contributed by atoms with E-state index in [4.69, 9.17) is 9.84 Å². The van der Waals surface area contributed by atoms with Crippen LogP contribution < -0.4 is 4.74 Å². The van der Waals surface area contributed by atoms with E-state index < -0.39 is 17.3 Å². The van der Waals surface area contributed by atoms with Crippen LogP contribution in [0.25, 0.3) is 0 Å². The first-order valence-corrected chi connectivity index (χ1v) is 3.99. The molecule has 5 nitrogen and oxygen atoms in total. The molecule has 0 aliphatic carbocycles. The molecule has 0 atom stereocenters. The van der Waals surface area contributed by atoms with E-state index in [2.05, 4.69) is 0 Å². The van der Waals surface area contributed by atoms with Crippen molar-refractivity contribution in [3.8, 4) is 17.2 Å². The molecule has 1 aromatic rings. The van der Waals surface area contributed by atoms with Crippen LogP contribution in [0.1, 0.15) is 17.3 Å². The van der Waals surface area contributed by atoms with Gasteiger partial charge in [-0.1, -0.05) is 0 Å². The number of rotatable bonds is 3. The molecule has 0 bridgehead atoms. The van der Waals surface area contributed by atoms with Gasteiger partial charge in [-0.15, -0.1) is 0 Å². The van der Waals surface area contributed by atoms with Crippen molar-refractivity contribution in [3.05, 3.63) is 17.7 Å². The van der Waals surface area contributed by atoms with Gasteiger partial charge in [-0.3, -0.25) is 0 Å². The van der Waals surface area contributed by atoms with Crippen molar-refractivity contribution in [2.45, 2.75) is 6.92 Å². The molecular formula is C9H10O5. The van der Waals surface area contributed by atoms with Crippen LogP contribution >= 0.6 is 0 Å². The molecule has 0 amide bonds. The Balaban J connectivity index is 3.33. The van der Waals surface area contributed by atoms with Gasteiger partial charge in [0.15, 0.2) is 11.5 Å². The van der Waals surface area contributed by atoms with Crippen LogP contribution in [0, 0.1) is 0 Å². The zero-order chi connectivity index (χ0) is 10.7. The highest BCUT2D eigenvalue weighted by atomic mass is 16.5. The number of aromatic carboxylic acids is 1. The number of hydrogen-bond acceptors (Lipinski definition) is 4. The Morgan fingerprint density at radius 1 is 1.36 bits per heavy atom. The third kappa shape index (κ3) is 1.71. The van der Waals surface area contributed by atoms with E-state index in [-0.39, 0.29) is 18.1 Å². The number of phenolic OH excluding ortho intramolecular Hbond substituents is 1. The zero-order valence-electron chi connectivity index (χ0n) is 7.52. The van der Waals surface area contributed by atoms with Gasteiger partial charge in [-0.2, -0.15) is 0 Å². The summed E-state index contributed by atoms with van der Waals surface area (Å²) in [4.78, 5) is 10.7. The van der Waals surface area contributed by atoms with Gasteiger partial charge in [0.2, 0.25) is 0 Å². The summed E-state index contributed by atoms with van der Waals surface area (Å²) in [6.45, 7) is 1.85. The third-order valence-corrected chi connectivity index (χ3v) is 1.62. The van der Waals surface area contributed by atoms with Gasteiger partial charge < -0.3 is 20.1 Å². The van der Waals surface area contributed by atoms with Crippen molar-refractivity contribution in [3.63, 3.8) is 0 Å². The number of ether oxygens (including phenoxy) is 1. The number of carboxylic acid groups (broad SMARTS) is 1. The lowest BCUT2D eigenvalue weighted by molar-refractivity contribution is 0.0688. The van der Waals surface area contributed by atoms with Gasteiger partial charge in [-0.25, -0.2) is 4.79 Å². The fourth-order valence-electron chi connectivity index (χ4n) is 1.06. The van der Waals surface area contributed by atoms with Crippen LogP contribution in [0.4, 0.5) is 0 Å². The molecule has 0 aromatic heterocycles. The lowest BCUT2D eigenvalue weighted by Gasteiger charge is -2.09. The highest BCUT2D eigenvalue weighted by molar-refractivity contribution is 5.95. The molecule has 0 fully saturated rings. The third-order valence-electron chi connectivity index (χ3n) is 1.62. The smallest absolute Gasteiger partial charge is 0.343 e. The first-order valence-electron chi connectivity index (χ1n) is 3.99. The molecule has 0 aliphatic heterocycles. The Bertz CT molecular complexity index is 358. The summed E-state index contributed by atoms with van der Waals surface area (Å²) in [5.41, 5.74) is -0.424. The molecule has 0 unspecified atom stereocenters. The first kappa shape index (κ1) is 10.2. The maximum absolute atomic E-state index is 10.7. The topological polar surface area (TPSA) is 87.0 Å². The number of hydrogen-bond donors (Lipinski definition) is 3. The minimum absolute atomic E-state index is 0.206. The SMILES string of the molecule is CCOc1c(O)ccc(O)c1C(=O)O. The predicted octanol–water partition coefficient (Wildman–Crippen LogP) is 1.19. The normalized spacial score (nSPS) is 9.79. The van der Waals surface area contributed by atoms with Crippen LogP contribution in [-0.2, 0) is 0 Å². The molecule has 14 heavy (non-hydrogen) atoms. The van der Waals surface area contributed by atoms with Crippen molar-refractivity contribution in [2.75, 3.05) is 6.61 Å². The maximum atomic E-state index is 10.7. The van der Waals surface area contributed by atoms with Crippen molar-refractivity contribution in [1.29, 1.82) is 0 Å². The van der Waals surface area contributed by atoms with E-state index in [0.29, 0.717) is 0 Å². The molecular weight excluding hydrogens is 188 g/mol. The fraction of sp³-hybridized carbons (Fsp3) is 0.222. The average Bonchev–Trinajstić information content (AvgIpc) is 2.11. The number of phenols is 2. The van der Waals surface area contributed by atoms with Gasteiger partial charge in [0, 0.05) is 0 Å². The predicted molar refractivity (Wildman–Crippen MR) is 47.9 cm³/mol. The van der Waals surface area contributed by atoms with E-state index in [1.54, 1.807) is 6.92 Å². The van der Waals surface area contributed by atoms with Crippen molar-refractivity contribution in [1.82, 2.24) is 0 Å². The number of aromatic hydroxyl groups is 2.